The van der Waals surface area contributed by atoms with Crippen molar-refractivity contribution in [2.45, 2.75) is 20.0 Å². The number of halogens is 2. The Kier molecular flexibility index (Phi) is 6.16. The molecule has 3 aromatic carbocycles. The molecule has 3 aromatic rings. The molecule has 31 heavy (non-hydrogen) atoms. The molecule has 0 radical (unpaired) electrons. The lowest BCUT2D eigenvalue weighted by molar-refractivity contribution is -0.122. The van der Waals surface area contributed by atoms with Crippen molar-refractivity contribution in [1.82, 2.24) is 10.2 Å². The van der Waals surface area contributed by atoms with Crippen LogP contribution in [0.3, 0.4) is 0 Å². The van der Waals surface area contributed by atoms with Gasteiger partial charge in [0.1, 0.15) is 18.1 Å². The Morgan fingerprint density at radius 3 is 2.65 bits per heavy atom. The summed E-state index contributed by atoms with van der Waals surface area (Å²) in [4.78, 5) is 26.1. The minimum absolute atomic E-state index is 0.226. The van der Waals surface area contributed by atoms with Gasteiger partial charge in [0.05, 0.1) is 0 Å². The van der Waals surface area contributed by atoms with Gasteiger partial charge >= 0.3 is 6.03 Å². The van der Waals surface area contributed by atoms with E-state index in [0.717, 1.165) is 16.3 Å². The number of rotatable bonds is 6. The second-order valence-electron chi connectivity index (χ2n) is 7.17. The van der Waals surface area contributed by atoms with E-state index in [0.29, 0.717) is 34.3 Å². The van der Waals surface area contributed by atoms with Gasteiger partial charge in [0.25, 0.3) is 5.91 Å². The van der Waals surface area contributed by atoms with Crippen LogP contribution in [0.2, 0.25) is 10.0 Å². The van der Waals surface area contributed by atoms with Crippen LogP contribution in [0.25, 0.3) is 16.8 Å². The maximum atomic E-state index is 12.7. The Morgan fingerprint density at radius 2 is 1.87 bits per heavy atom. The number of amides is 3. The highest BCUT2D eigenvalue weighted by Gasteiger charge is 2.33. The van der Waals surface area contributed by atoms with Crippen LogP contribution < -0.4 is 10.1 Å². The largest absolute Gasteiger partial charge is 0.488 e. The summed E-state index contributed by atoms with van der Waals surface area (Å²) >= 11 is 12.3. The predicted molar refractivity (Wildman–Crippen MR) is 123 cm³/mol. The van der Waals surface area contributed by atoms with Crippen molar-refractivity contribution < 1.29 is 14.3 Å². The molecule has 1 aliphatic heterocycles. The molecule has 158 valence electrons. The number of imide groups is 1. The van der Waals surface area contributed by atoms with Crippen molar-refractivity contribution in [1.29, 1.82) is 0 Å². The first-order valence-electron chi connectivity index (χ1n) is 9.91. The summed E-state index contributed by atoms with van der Waals surface area (Å²) in [7, 11) is 0. The molecule has 0 saturated carbocycles. The first kappa shape index (κ1) is 21.2. The Labute approximate surface area is 190 Å². The zero-order valence-electron chi connectivity index (χ0n) is 16.8. The molecular formula is C24H20Cl2N2O3. The van der Waals surface area contributed by atoms with Crippen LogP contribution in [0.15, 0.2) is 60.3 Å². The fourth-order valence-corrected chi connectivity index (χ4v) is 3.95. The molecule has 4 rings (SSSR count). The molecule has 7 heteroatoms. The van der Waals surface area contributed by atoms with E-state index in [1.165, 1.54) is 4.90 Å². The van der Waals surface area contributed by atoms with E-state index < -0.39 is 6.03 Å². The Morgan fingerprint density at radius 1 is 1.06 bits per heavy atom. The summed E-state index contributed by atoms with van der Waals surface area (Å²) in [6.07, 6.45) is 2.37. The molecule has 1 heterocycles. The van der Waals surface area contributed by atoms with E-state index in [-0.39, 0.29) is 18.2 Å². The molecule has 0 spiro atoms. The van der Waals surface area contributed by atoms with Gasteiger partial charge < -0.3 is 10.1 Å². The van der Waals surface area contributed by atoms with Crippen molar-refractivity contribution >= 4 is 52.0 Å². The topological polar surface area (TPSA) is 58.6 Å². The summed E-state index contributed by atoms with van der Waals surface area (Å²) in [6.45, 7) is 2.52. The average Bonchev–Trinajstić information content (AvgIpc) is 3.02. The molecular weight excluding hydrogens is 435 g/mol. The number of hydrogen-bond donors (Lipinski definition) is 1. The molecule has 1 fully saturated rings. The van der Waals surface area contributed by atoms with E-state index in [1.54, 1.807) is 18.2 Å². The van der Waals surface area contributed by atoms with Crippen LogP contribution in [0.5, 0.6) is 5.75 Å². The number of nitrogens with one attached hydrogen (secondary N) is 1. The lowest BCUT2D eigenvalue weighted by Gasteiger charge is -2.13. The van der Waals surface area contributed by atoms with Crippen LogP contribution in [0.1, 0.15) is 24.5 Å². The number of carbonyl (C=O) groups excluding carboxylic acids is 2. The van der Waals surface area contributed by atoms with Gasteiger partial charge in [0.2, 0.25) is 0 Å². The first-order valence-corrected chi connectivity index (χ1v) is 10.7. The number of hydrogen-bond acceptors (Lipinski definition) is 3. The molecule has 0 aliphatic carbocycles. The van der Waals surface area contributed by atoms with Crippen LogP contribution in [0, 0.1) is 0 Å². The van der Waals surface area contributed by atoms with E-state index in [9.17, 15) is 9.59 Å². The molecule has 0 atom stereocenters. The zero-order valence-corrected chi connectivity index (χ0v) is 18.3. The minimum Gasteiger partial charge on any atom is -0.488 e. The SMILES string of the molecule is CCCN1C(=O)N/C(=C/c2c(OCc3ccc(Cl)cc3Cl)ccc3ccccc23)C1=O. The third-order valence-electron chi connectivity index (χ3n) is 5.03. The highest BCUT2D eigenvalue weighted by atomic mass is 35.5. The van der Waals surface area contributed by atoms with E-state index in [4.69, 9.17) is 27.9 Å². The maximum Gasteiger partial charge on any atom is 0.329 e. The molecule has 0 unspecified atom stereocenters. The van der Waals surface area contributed by atoms with E-state index in [1.807, 2.05) is 49.4 Å². The van der Waals surface area contributed by atoms with Crippen molar-refractivity contribution in [3.63, 3.8) is 0 Å². The minimum atomic E-state index is -0.409. The summed E-state index contributed by atoms with van der Waals surface area (Å²) in [5, 5.41) is 5.65. The van der Waals surface area contributed by atoms with Crippen molar-refractivity contribution in [2.75, 3.05) is 6.54 Å². The van der Waals surface area contributed by atoms with Gasteiger partial charge in [-0.05, 0) is 41.5 Å². The van der Waals surface area contributed by atoms with Crippen molar-refractivity contribution in [3.05, 3.63) is 81.5 Å². The second kappa shape index (κ2) is 9.00. The fourth-order valence-electron chi connectivity index (χ4n) is 3.49. The predicted octanol–water partition coefficient (Wildman–Crippen LogP) is 6.03. The first-order chi connectivity index (χ1) is 15.0. The highest BCUT2D eigenvalue weighted by molar-refractivity contribution is 6.35. The Balaban J connectivity index is 1.73. The normalized spacial score (nSPS) is 15.1. The van der Waals surface area contributed by atoms with Gasteiger partial charge in [-0.2, -0.15) is 0 Å². The van der Waals surface area contributed by atoms with E-state index >= 15 is 0 Å². The van der Waals surface area contributed by atoms with E-state index in [2.05, 4.69) is 5.32 Å². The summed E-state index contributed by atoms with van der Waals surface area (Å²) in [6, 6.07) is 16.4. The number of fused-ring (bicyclic) bond motifs is 1. The standard InChI is InChI=1S/C24H20Cl2N2O3/c1-2-11-28-23(29)21(27-24(28)30)13-19-18-6-4-3-5-15(18)8-10-22(19)31-14-16-7-9-17(25)12-20(16)26/h3-10,12-13H,2,11,14H2,1H3,(H,27,30)/b21-13+. The Bertz CT molecular complexity index is 1210. The molecule has 0 aromatic heterocycles. The third-order valence-corrected chi connectivity index (χ3v) is 5.61. The smallest absolute Gasteiger partial charge is 0.329 e. The van der Waals surface area contributed by atoms with Gasteiger partial charge in [-0.3, -0.25) is 9.69 Å². The molecule has 5 nitrogen and oxygen atoms in total. The number of nitrogens with zero attached hydrogens (tertiary/aromatic N) is 1. The summed E-state index contributed by atoms with van der Waals surface area (Å²) < 4.78 is 6.09. The zero-order chi connectivity index (χ0) is 22.0. The fraction of sp³-hybridized carbons (Fsp3) is 0.167. The molecule has 1 saturated heterocycles. The van der Waals surface area contributed by atoms with Gasteiger partial charge in [0.15, 0.2) is 0 Å². The summed E-state index contributed by atoms with van der Waals surface area (Å²) in [5.74, 6) is 0.236. The third kappa shape index (κ3) is 4.38. The molecule has 3 amide bonds. The molecule has 1 N–H and O–H groups in total. The summed E-state index contributed by atoms with van der Waals surface area (Å²) in [5.41, 5.74) is 1.73. The van der Waals surface area contributed by atoms with Crippen molar-refractivity contribution in [3.8, 4) is 5.75 Å². The monoisotopic (exact) mass is 454 g/mol. The lowest BCUT2D eigenvalue weighted by atomic mass is 10.0. The van der Waals surface area contributed by atoms with Gasteiger partial charge in [-0.1, -0.05) is 66.5 Å². The van der Waals surface area contributed by atoms with Crippen LogP contribution in [-0.2, 0) is 11.4 Å². The number of benzene rings is 3. The second-order valence-corrected chi connectivity index (χ2v) is 8.01. The Hall–Kier alpha value is -3.02. The number of carbonyl (C=O) groups is 2. The number of ether oxygens (including phenoxy) is 1. The van der Waals surface area contributed by atoms with Gasteiger partial charge in [-0.15, -0.1) is 0 Å². The average molecular weight is 455 g/mol. The molecule has 0 bridgehead atoms. The quantitative estimate of drug-likeness (QED) is 0.365. The lowest BCUT2D eigenvalue weighted by Crippen LogP contribution is -2.31. The highest BCUT2D eigenvalue weighted by Crippen LogP contribution is 2.32. The van der Waals surface area contributed by atoms with Gasteiger partial charge in [0, 0.05) is 27.7 Å². The maximum absolute atomic E-state index is 12.7. The molecule has 1 aliphatic rings. The van der Waals surface area contributed by atoms with Gasteiger partial charge in [-0.25, -0.2) is 4.79 Å². The van der Waals surface area contributed by atoms with Crippen molar-refractivity contribution in [2.24, 2.45) is 0 Å². The number of urea groups is 1. The van der Waals surface area contributed by atoms with Crippen LogP contribution in [-0.4, -0.2) is 23.4 Å². The van der Waals surface area contributed by atoms with Crippen LogP contribution in [0.4, 0.5) is 4.79 Å². The van der Waals surface area contributed by atoms with Crippen LogP contribution >= 0.6 is 23.2 Å².